The topological polar surface area (TPSA) is 65.1 Å². The number of H-pyrrole nitrogens is 1. The van der Waals surface area contributed by atoms with Crippen LogP contribution in [0.2, 0.25) is 0 Å². The summed E-state index contributed by atoms with van der Waals surface area (Å²) in [6.07, 6.45) is 2.78. The Morgan fingerprint density at radius 1 is 1.17 bits per heavy atom. The van der Waals surface area contributed by atoms with Gasteiger partial charge < -0.3 is 15.4 Å². The molecule has 2 aromatic carbocycles. The molecular formula is C19H20N2O2. The zero-order valence-corrected chi connectivity index (χ0v) is 13.0. The molecule has 0 spiro atoms. The van der Waals surface area contributed by atoms with Crippen LogP contribution < -0.4 is 5.32 Å². The van der Waals surface area contributed by atoms with E-state index in [2.05, 4.69) is 17.2 Å². The van der Waals surface area contributed by atoms with Crippen molar-refractivity contribution in [3.8, 4) is 0 Å². The average molecular weight is 308 g/mol. The van der Waals surface area contributed by atoms with Gasteiger partial charge in [-0.2, -0.15) is 0 Å². The maximum absolute atomic E-state index is 12.6. The van der Waals surface area contributed by atoms with Crippen LogP contribution in [0.1, 0.15) is 34.5 Å². The van der Waals surface area contributed by atoms with E-state index in [9.17, 15) is 9.90 Å². The highest BCUT2D eigenvalue weighted by Gasteiger charge is 2.17. The lowest BCUT2D eigenvalue weighted by molar-refractivity contribution is 0.0917. The van der Waals surface area contributed by atoms with Crippen molar-refractivity contribution in [1.29, 1.82) is 0 Å². The standard InChI is InChI=1S/C19H20N2O2/c1-2-13-6-8-14(9-7-13)17(12-22)21-19(23)16-5-3-4-15-10-11-20-18(15)16/h3-11,17,20,22H,2,12H2,1H3,(H,21,23). The monoisotopic (exact) mass is 308 g/mol. The second kappa shape index (κ2) is 6.67. The van der Waals surface area contributed by atoms with Crippen LogP contribution in [-0.4, -0.2) is 22.6 Å². The first-order valence-electron chi connectivity index (χ1n) is 7.79. The minimum atomic E-state index is -0.418. The van der Waals surface area contributed by atoms with Crippen molar-refractivity contribution in [3.05, 3.63) is 71.4 Å². The Morgan fingerprint density at radius 2 is 1.96 bits per heavy atom. The molecule has 1 atom stereocenters. The largest absolute Gasteiger partial charge is 0.394 e. The van der Waals surface area contributed by atoms with Gasteiger partial charge in [0.05, 0.1) is 23.7 Å². The highest BCUT2D eigenvalue weighted by molar-refractivity contribution is 6.05. The van der Waals surface area contributed by atoms with E-state index in [0.717, 1.165) is 22.9 Å². The van der Waals surface area contributed by atoms with Crippen molar-refractivity contribution in [2.45, 2.75) is 19.4 Å². The molecule has 3 aromatic rings. The van der Waals surface area contributed by atoms with Gasteiger partial charge in [0.25, 0.3) is 5.91 Å². The minimum absolute atomic E-state index is 0.141. The summed E-state index contributed by atoms with van der Waals surface area (Å²) in [6.45, 7) is 1.95. The van der Waals surface area contributed by atoms with Gasteiger partial charge in [0, 0.05) is 11.6 Å². The molecule has 1 unspecified atom stereocenters. The number of aliphatic hydroxyl groups excluding tert-OH is 1. The number of hydrogen-bond donors (Lipinski definition) is 3. The van der Waals surface area contributed by atoms with Crippen molar-refractivity contribution in [3.63, 3.8) is 0 Å². The highest BCUT2D eigenvalue weighted by atomic mass is 16.3. The molecule has 1 aromatic heterocycles. The smallest absolute Gasteiger partial charge is 0.253 e. The maximum atomic E-state index is 12.6. The summed E-state index contributed by atoms with van der Waals surface area (Å²) in [6, 6.07) is 15.1. The number of hydrogen-bond acceptors (Lipinski definition) is 2. The molecule has 0 aliphatic rings. The van der Waals surface area contributed by atoms with Crippen LogP contribution >= 0.6 is 0 Å². The lowest BCUT2D eigenvalue weighted by Crippen LogP contribution is -2.31. The Morgan fingerprint density at radius 3 is 2.65 bits per heavy atom. The van der Waals surface area contributed by atoms with Gasteiger partial charge in [0.1, 0.15) is 0 Å². The number of nitrogens with one attached hydrogen (secondary N) is 2. The molecule has 4 heteroatoms. The van der Waals surface area contributed by atoms with Gasteiger partial charge in [-0.1, -0.05) is 43.3 Å². The van der Waals surface area contributed by atoms with Crippen LogP contribution in [-0.2, 0) is 6.42 Å². The van der Waals surface area contributed by atoms with E-state index in [0.29, 0.717) is 5.56 Å². The number of aryl methyl sites for hydroxylation is 1. The number of fused-ring (bicyclic) bond motifs is 1. The third-order valence-electron chi connectivity index (χ3n) is 4.11. The third-order valence-corrected chi connectivity index (χ3v) is 4.11. The fourth-order valence-corrected chi connectivity index (χ4v) is 2.73. The van der Waals surface area contributed by atoms with Crippen LogP contribution in [0.3, 0.4) is 0 Å². The average Bonchev–Trinajstić information content (AvgIpc) is 3.08. The van der Waals surface area contributed by atoms with E-state index >= 15 is 0 Å². The summed E-state index contributed by atoms with van der Waals surface area (Å²) in [5.41, 5.74) is 3.52. The third kappa shape index (κ3) is 3.12. The number of rotatable bonds is 5. The van der Waals surface area contributed by atoms with Crippen molar-refractivity contribution in [2.24, 2.45) is 0 Å². The quantitative estimate of drug-likeness (QED) is 0.677. The number of aliphatic hydroxyl groups is 1. The molecule has 3 rings (SSSR count). The molecule has 0 aliphatic heterocycles. The lowest BCUT2D eigenvalue weighted by atomic mass is 10.0. The predicted octanol–water partition coefficient (Wildman–Crippen LogP) is 3.19. The fourth-order valence-electron chi connectivity index (χ4n) is 2.73. The Kier molecular flexibility index (Phi) is 4.44. The van der Waals surface area contributed by atoms with Gasteiger partial charge in [-0.05, 0) is 29.7 Å². The molecule has 23 heavy (non-hydrogen) atoms. The molecule has 4 nitrogen and oxygen atoms in total. The van der Waals surface area contributed by atoms with Crippen molar-refractivity contribution >= 4 is 16.8 Å². The minimum Gasteiger partial charge on any atom is -0.394 e. The van der Waals surface area contributed by atoms with Crippen molar-refractivity contribution < 1.29 is 9.90 Å². The van der Waals surface area contributed by atoms with Crippen LogP contribution in [0.4, 0.5) is 0 Å². The van der Waals surface area contributed by atoms with E-state index in [1.165, 1.54) is 5.56 Å². The fraction of sp³-hybridized carbons (Fsp3) is 0.211. The molecule has 0 saturated heterocycles. The number of carbonyl (C=O) groups is 1. The second-order valence-corrected chi connectivity index (χ2v) is 5.55. The molecule has 1 amide bonds. The molecule has 0 saturated carbocycles. The van der Waals surface area contributed by atoms with Crippen LogP contribution in [0.15, 0.2) is 54.7 Å². The van der Waals surface area contributed by atoms with Gasteiger partial charge >= 0.3 is 0 Å². The normalized spacial score (nSPS) is 12.3. The molecule has 0 radical (unpaired) electrons. The van der Waals surface area contributed by atoms with Crippen molar-refractivity contribution in [2.75, 3.05) is 6.61 Å². The van der Waals surface area contributed by atoms with Gasteiger partial charge in [0.2, 0.25) is 0 Å². The summed E-state index contributed by atoms with van der Waals surface area (Å²) in [7, 11) is 0. The number of aromatic nitrogens is 1. The van der Waals surface area contributed by atoms with E-state index in [4.69, 9.17) is 0 Å². The second-order valence-electron chi connectivity index (χ2n) is 5.55. The van der Waals surface area contributed by atoms with E-state index in [1.54, 1.807) is 6.07 Å². The SMILES string of the molecule is CCc1ccc(C(CO)NC(=O)c2cccc3cc[nH]c23)cc1. The molecule has 0 fully saturated rings. The number of benzene rings is 2. The molecule has 0 bridgehead atoms. The lowest BCUT2D eigenvalue weighted by Gasteiger charge is -2.17. The van der Waals surface area contributed by atoms with Crippen molar-refractivity contribution in [1.82, 2.24) is 10.3 Å². The van der Waals surface area contributed by atoms with Crippen LogP contribution in [0, 0.1) is 0 Å². The van der Waals surface area contributed by atoms with Gasteiger partial charge in [0.15, 0.2) is 0 Å². The first kappa shape index (κ1) is 15.3. The first-order valence-corrected chi connectivity index (χ1v) is 7.79. The summed E-state index contributed by atoms with van der Waals surface area (Å²) in [5, 5.41) is 13.6. The summed E-state index contributed by atoms with van der Waals surface area (Å²) < 4.78 is 0. The number of para-hydroxylation sites is 1. The van der Waals surface area contributed by atoms with E-state index in [-0.39, 0.29) is 12.5 Å². The summed E-state index contributed by atoms with van der Waals surface area (Å²) >= 11 is 0. The molecule has 3 N–H and O–H groups in total. The van der Waals surface area contributed by atoms with E-state index < -0.39 is 6.04 Å². The van der Waals surface area contributed by atoms with Gasteiger partial charge in [-0.25, -0.2) is 0 Å². The Bertz CT molecular complexity index is 806. The van der Waals surface area contributed by atoms with Crippen LogP contribution in [0.25, 0.3) is 10.9 Å². The number of amides is 1. The predicted molar refractivity (Wildman–Crippen MR) is 91.4 cm³/mol. The highest BCUT2D eigenvalue weighted by Crippen LogP contribution is 2.19. The maximum Gasteiger partial charge on any atom is 0.253 e. The zero-order chi connectivity index (χ0) is 16.2. The van der Waals surface area contributed by atoms with Crippen LogP contribution in [0.5, 0.6) is 0 Å². The molecule has 118 valence electrons. The number of aromatic amines is 1. The molecule has 1 heterocycles. The Labute approximate surface area is 135 Å². The zero-order valence-electron chi connectivity index (χ0n) is 13.0. The Hall–Kier alpha value is -2.59. The Balaban J connectivity index is 1.83. The first-order chi connectivity index (χ1) is 11.2. The summed E-state index contributed by atoms with van der Waals surface area (Å²) in [5.74, 6) is -0.198. The van der Waals surface area contributed by atoms with E-state index in [1.807, 2.05) is 48.7 Å². The van der Waals surface area contributed by atoms with Gasteiger partial charge in [-0.3, -0.25) is 4.79 Å². The number of carbonyl (C=O) groups excluding carboxylic acids is 1. The van der Waals surface area contributed by atoms with Gasteiger partial charge in [-0.15, -0.1) is 0 Å². The molecule has 0 aliphatic carbocycles. The molecular weight excluding hydrogens is 288 g/mol. The summed E-state index contributed by atoms with van der Waals surface area (Å²) in [4.78, 5) is 15.7.